The maximum atomic E-state index is 14.2. The van der Waals surface area contributed by atoms with E-state index in [2.05, 4.69) is 53.6 Å². The largest absolute Gasteiger partial charge is 0.478 e. The number of hydrogen-bond donors (Lipinski definition) is 4. The van der Waals surface area contributed by atoms with E-state index in [1.165, 1.54) is 6.42 Å². The first-order valence-electron chi connectivity index (χ1n) is 17.8. The molecule has 0 spiro atoms. The third kappa shape index (κ3) is 8.87. The van der Waals surface area contributed by atoms with E-state index in [0.717, 1.165) is 37.8 Å². The molecule has 0 fully saturated rings. The number of nitrogens with one attached hydrogen (secondary N) is 3. The van der Waals surface area contributed by atoms with Crippen molar-refractivity contribution >= 4 is 34.7 Å². The molecular weight excluding hydrogens is 652 g/mol. The number of nitrogens with zero attached hydrogens (tertiary/aromatic N) is 3. The number of benzene rings is 2. The summed E-state index contributed by atoms with van der Waals surface area (Å²) in [5.41, 5.74) is 0.774. The van der Waals surface area contributed by atoms with E-state index < -0.39 is 23.0 Å². The zero-order chi connectivity index (χ0) is 36.7. The zero-order valence-electron chi connectivity index (χ0n) is 30.9. The van der Waals surface area contributed by atoms with Gasteiger partial charge in [0.15, 0.2) is 17.6 Å². The van der Waals surface area contributed by atoms with Crippen LogP contribution in [0.2, 0.25) is 5.02 Å². The molecule has 4 aromatic rings. The van der Waals surface area contributed by atoms with Crippen LogP contribution in [0.4, 0.5) is 5.69 Å². The summed E-state index contributed by atoms with van der Waals surface area (Å²) in [4.78, 5) is 27.6. The Morgan fingerprint density at radius 1 is 0.900 bits per heavy atom. The first kappa shape index (κ1) is 38.9. The Kier molecular flexibility index (Phi) is 12.8. The molecule has 50 heavy (non-hydrogen) atoms. The van der Waals surface area contributed by atoms with Crippen LogP contribution >= 0.6 is 11.6 Å². The molecule has 0 aliphatic rings. The minimum Gasteiger partial charge on any atom is -0.478 e. The van der Waals surface area contributed by atoms with Crippen molar-refractivity contribution in [1.29, 1.82) is 0 Å². The third-order valence-electron chi connectivity index (χ3n) is 9.84. The molecule has 2 aromatic carbocycles. The predicted molar refractivity (Wildman–Crippen MR) is 200 cm³/mol. The fraction of sp³-hybridized carbons (Fsp3) is 0.538. The average molecular weight is 707 g/mol. The summed E-state index contributed by atoms with van der Waals surface area (Å²) < 4.78 is 8.30. The minimum atomic E-state index is -0.831. The number of aliphatic hydroxyl groups is 1. The molecule has 0 radical (unpaired) electrons. The van der Waals surface area contributed by atoms with Gasteiger partial charge in [-0.1, -0.05) is 128 Å². The SMILES string of the molecule is CCCCCCCCC(Oc1ccccc1NC(=O)C(CO)c1ccccc1)C(=O)NC(C)(C)C(C)(C)c1nnc2c(Cl)c(C(C)(C)C)[nH]n12. The highest BCUT2D eigenvalue weighted by Gasteiger charge is 2.45. The van der Waals surface area contributed by atoms with Crippen LogP contribution in [0.25, 0.3) is 5.65 Å². The summed E-state index contributed by atoms with van der Waals surface area (Å²) in [6, 6.07) is 16.2. The summed E-state index contributed by atoms with van der Waals surface area (Å²) in [6.45, 7) is 16.1. The van der Waals surface area contributed by atoms with Crippen molar-refractivity contribution < 1.29 is 19.4 Å². The normalized spacial score (nSPS) is 13.6. The zero-order valence-corrected chi connectivity index (χ0v) is 31.7. The van der Waals surface area contributed by atoms with Crippen LogP contribution in [0.15, 0.2) is 54.6 Å². The number of para-hydroxylation sites is 2. The van der Waals surface area contributed by atoms with E-state index in [9.17, 15) is 14.7 Å². The monoisotopic (exact) mass is 706 g/mol. The Hall–Kier alpha value is -3.89. The van der Waals surface area contributed by atoms with Gasteiger partial charge in [0.1, 0.15) is 10.8 Å². The van der Waals surface area contributed by atoms with Gasteiger partial charge in [-0.15, -0.1) is 10.2 Å². The second kappa shape index (κ2) is 16.4. The van der Waals surface area contributed by atoms with E-state index in [1.807, 2.05) is 68.6 Å². The van der Waals surface area contributed by atoms with Gasteiger partial charge >= 0.3 is 0 Å². The molecule has 0 aliphatic heterocycles. The van der Waals surface area contributed by atoms with Gasteiger partial charge in [-0.2, -0.15) is 0 Å². The van der Waals surface area contributed by atoms with Crippen LogP contribution in [-0.4, -0.2) is 55.0 Å². The highest BCUT2D eigenvalue weighted by Crippen LogP contribution is 2.38. The topological polar surface area (TPSA) is 134 Å². The first-order chi connectivity index (χ1) is 23.6. The van der Waals surface area contributed by atoms with Gasteiger partial charge in [-0.05, 0) is 44.4 Å². The Bertz CT molecular complexity index is 1720. The number of aromatic amines is 1. The first-order valence-corrected chi connectivity index (χ1v) is 18.2. The van der Waals surface area contributed by atoms with Gasteiger partial charge in [0.05, 0.1) is 23.9 Å². The van der Waals surface area contributed by atoms with E-state index in [1.54, 1.807) is 18.2 Å². The molecule has 2 atom stereocenters. The second-order valence-corrected chi connectivity index (χ2v) is 15.6. The lowest BCUT2D eigenvalue weighted by Gasteiger charge is -2.41. The van der Waals surface area contributed by atoms with Crippen LogP contribution in [0, 0.1) is 0 Å². The number of aliphatic hydroxyl groups excluding tert-OH is 1. The van der Waals surface area contributed by atoms with Gasteiger partial charge in [0.2, 0.25) is 5.91 Å². The molecule has 2 amide bonds. The van der Waals surface area contributed by atoms with Crippen LogP contribution in [0.3, 0.4) is 0 Å². The van der Waals surface area contributed by atoms with Gasteiger partial charge in [0.25, 0.3) is 5.91 Å². The molecule has 10 nitrogen and oxygen atoms in total. The maximum absolute atomic E-state index is 14.2. The molecule has 4 rings (SSSR count). The lowest BCUT2D eigenvalue weighted by molar-refractivity contribution is -0.130. The van der Waals surface area contributed by atoms with Crippen molar-refractivity contribution in [3.63, 3.8) is 0 Å². The van der Waals surface area contributed by atoms with Crippen LogP contribution in [0.5, 0.6) is 5.75 Å². The summed E-state index contributed by atoms with van der Waals surface area (Å²) in [5, 5.41) is 29.2. The van der Waals surface area contributed by atoms with Gasteiger partial charge in [-0.25, -0.2) is 4.52 Å². The molecule has 2 unspecified atom stereocenters. The third-order valence-corrected chi connectivity index (χ3v) is 10.2. The Balaban J connectivity index is 1.58. The number of fused-ring (bicyclic) bond motifs is 1. The van der Waals surface area contributed by atoms with Crippen molar-refractivity contribution in [2.45, 2.75) is 129 Å². The standard InChI is InChI=1S/C39H55ClN6O4/c1-9-10-11-12-13-17-24-30(50-29-23-19-18-22-28(29)41-34(48)27(25-47)26-20-15-14-16-21-26)35(49)42-39(7,8)38(5,6)36-44-43-33-31(40)32(37(2,3)4)45-46(33)36/h14-16,18-23,27,30,45,47H,9-13,17,24-25H2,1-8H3,(H,41,48)(H,42,49). The fourth-order valence-corrected chi connectivity index (χ4v) is 6.40. The van der Waals surface area contributed by atoms with E-state index in [0.29, 0.717) is 39.9 Å². The fourth-order valence-electron chi connectivity index (χ4n) is 5.96. The number of carbonyl (C=O) groups is 2. The number of ether oxygens (including phenoxy) is 1. The number of halogens is 1. The molecule has 2 heterocycles. The van der Waals surface area contributed by atoms with Crippen LogP contribution in [-0.2, 0) is 20.4 Å². The lowest BCUT2D eigenvalue weighted by Crippen LogP contribution is -2.59. The van der Waals surface area contributed by atoms with Crippen LogP contribution < -0.4 is 15.4 Å². The lowest BCUT2D eigenvalue weighted by atomic mass is 9.73. The number of anilines is 1. The number of aromatic nitrogens is 4. The summed E-state index contributed by atoms with van der Waals surface area (Å²) in [7, 11) is 0. The quantitative estimate of drug-likeness (QED) is 0.0821. The highest BCUT2D eigenvalue weighted by molar-refractivity contribution is 6.34. The van der Waals surface area contributed by atoms with Crippen LogP contribution in [0.1, 0.15) is 123 Å². The maximum Gasteiger partial charge on any atom is 0.261 e. The molecule has 0 bridgehead atoms. The minimum absolute atomic E-state index is 0.236. The van der Waals surface area contributed by atoms with E-state index >= 15 is 0 Å². The molecule has 0 saturated carbocycles. The Labute approximate surface area is 301 Å². The van der Waals surface area contributed by atoms with Crippen molar-refractivity contribution in [3.8, 4) is 5.75 Å². The number of H-pyrrole nitrogens is 1. The van der Waals surface area contributed by atoms with Gasteiger partial charge in [-0.3, -0.25) is 14.7 Å². The Morgan fingerprint density at radius 2 is 1.54 bits per heavy atom. The summed E-state index contributed by atoms with van der Waals surface area (Å²) >= 11 is 6.73. The molecule has 4 N–H and O–H groups in total. The number of unbranched alkanes of at least 4 members (excludes halogenated alkanes) is 5. The summed E-state index contributed by atoms with van der Waals surface area (Å²) in [6.07, 6.45) is 6.05. The average Bonchev–Trinajstić information content (AvgIpc) is 3.64. The highest BCUT2D eigenvalue weighted by atomic mass is 35.5. The van der Waals surface area contributed by atoms with Crippen molar-refractivity contribution in [3.05, 3.63) is 76.7 Å². The number of hydrogen-bond acceptors (Lipinski definition) is 6. The number of amides is 2. The van der Waals surface area contributed by atoms with Crippen molar-refractivity contribution in [2.75, 3.05) is 11.9 Å². The molecule has 11 heteroatoms. The molecule has 272 valence electrons. The number of carbonyl (C=O) groups excluding carboxylic acids is 2. The Morgan fingerprint density at radius 3 is 2.20 bits per heavy atom. The molecule has 0 aliphatic carbocycles. The second-order valence-electron chi connectivity index (χ2n) is 15.3. The molecule has 2 aromatic heterocycles. The molecular formula is C39H55ClN6O4. The van der Waals surface area contributed by atoms with Gasteiger partial charge in [0, 0.05) is 16.4 Å². The van der Waals surface area contributed by atoms with E-state index in [-0.39, 0.29) is 23.8 Å². The number of rotatable bonds is 17. The summed E-state index contributed by atoms with van der Waals surface area (Å²) in [5.74, 6) is -0.381. The van der Waals surface area contributed by atoms with E-state index in [4.69, 9.17) is 16.3 Å². The molecule has 0 saturated heterocycles. The van der Waals surface area contributed by atoms with Gasteiger partial charge < -0.3 is 20.5 Å². The van der Waals surface area contributed by atoms with Crippen molar-refractivity contribution in [1.82, 2.24) is 25.1 Å². The smallest absolute Gasteiger partial charge is 0.261 e. The van der Waals surface area contributed by atoms with Crippen molar-refractivity contribution in [2.24, 2.45) is 0 Å². The predicted octanol–water partition coefficient (Wildman–Crippen LogP) is 8.09.